The third-order valence-corrected chi connectivity index (χ3v) is 17.4. The molecule has 67 heavy (non-hydrogen) atoms. The molecule has 0 unspecified atom stereocenters. The first-order chi connectivity index (χ1) is 32.7. The van der Waals surface area contributed by atoms with E-state index in [0.717, 1.165) is 16.3 Å². The van der Waals surface area contributed by atoms with Gasteiger partial charge >= 0.3 is 66.2 Å². The van der Waals surface area contributed by atoms with E-state index in [-0.39, 0.29) is 0 Å². The molecular formula is C57H54Cu2I2N3P3. The number of benzene rings is 6. The van der Waals surface area contributed by atoms with E-state index in [1.54, 1.807) is 40.7 Å². The van der Waals surface area contributed by atoms with Crippen LogP contribution in [0.15, 0.2) is 219 Å². The van der Waals surface area contributed by atoms with Crippen LogP contribution in [0.1, 0.15) is 33.4 Å². The van der Waals surface area contributed by atoms with Crippen LogP contribution in [-0.2, 0) is 25.5 Å². The van der Waals surface area contributed by atoms with Crippen LogP contribution in [0.25, 0.3) is 0 Å². The first kappa shape index (κ1) is 54.5. The molecule has 0 fully saturated rings. The minimum absolute atomic E-state index is 0.582. The zero-order chi connectivity index (χ0) is 48.0. The van der Waals surface area contributed by atoms with Gasteiger partial charge in [-0.2, -0.15) is 0 Å². The molecule has 0 amide bonds. The predicted octanol–water partition coefficient (Wildman–Crippen LogP) is 12.1. The quantitative estimate of drug-likeness (QED) is 0.0821. The summed E-state index contributed by atoms with van der Waals surface area (Å²) in [6.45, 7) is 12.7. The Morgan fingerprint density at radius 2 is 0.418 bits per heavy atom. The molecule has 10 heteroatoms. The molecule has 3 aromatic heterocycles. The molecule has 0 spiro atoms. The number of nitrogens with zero attached hydrogens (tertiary/aromatic N) is 3. The summed E-state index contributed by atoms with van der Waals surface area (Å²) in [6.07, 6.45) is 5.65. The number of hydrogen-bond donors (Lipinski definition) is 0. The fraction of sp³-hybridized carbons (Fsp3) is 0.105. The normalized spacial score (nSPS) is 10.4. The third kappa shape index (κ3) is 16.9. The molecule has 0 bridgehead atoms. The molecule has 0 saturated heterocycles. The minimum atomic E-state index is -0.582. The van der Waals surface area contributed by atoms with Gasteiger partial charge in [0.05, 0.1) is 16.3 Å². The molecule has 6 aromatic carbocycles. The Morgan fingerprint density at radius 1 is 0.254 bits per heavy atom. The van der Waals surface area contributed by atoms with E-state index in [0.29, 0.717) is 0 Å². The van der Waals surface area contributed by atoms with Gasteiger partial charge in [-0.15, -0.1) is 0 Å². The Hall–Kier alpha value is -3.44. The van der Waals surface area contributed by atoms with Crippen molar-refractivity contribution in [3.05, 3.63) is 252 Å². The van der Waals surface area contributed by atoms with Gasteiger partial charge in [-0.05, 0) is 110 Å². The first-order valence-electron chi connectivity index (χ1n) is 21.5. The summed E-state index contributed by atoms with van der Waals surface area (Å²) >= 11 is 11.7. The van der Waals surface area contributed by atoms with Crippen LogP contribution >= 0.6 is 64.5 Å². The summed E-state index contributed by atoms with van der Waals surface area (Å²) in [7, 11) is -1.75. The van der Waals surface area contributed by atoms with Gasteiger partial charge in [0.15, 0.2) is 0 Å². The predicted molar refractivity (Wildman–Crippen MR) is 305 cm³/mol. The summed E-state index contributed by atoms with van der Waals surface area (Å²) in [5.41, 5.74) is 11.2. The number of hydrogen-bond acceptors (Lipinski definition) is 3. The van der Waals surface area contributed by atoms with E-state index in [2.05, 4.69) is 264 Å². The van der Waals surface area contributed by atoms with Crippen LogP contribution in [0.2, 0.25) is 0 Å². The average molecular weight is 1250 g/mol. The van der Waals surface area contributed by atoms with Crippen molar-refractivity contribution in [3.63, 3.8) is 0 Å². The van der Waals surface area contributed by atoms with E-state index in [9.17, 15) is 0 Å². The molecular weight excluding hydrogens is 1200 g/mol. The number of pyridine rings is 3. The Labute approximate surface area is 442 Å². The van der Waals surface area contributed by atoms with E-state index in [1.165, 1.54) is 65.2 Å². The standard InChI is InChI=1S/3C19H18NP.2Cu.2HI/c3*1-15-6-10-17(11-7-15)21(19-5-3-4-14-20-19)18-12-8-16(2)9-13-18;;;;/h3*3-14H,1-2H3;;;2*1H/q;;;2*+1;;/p-2. The van der Waals surface area contributed by atoms with Gasteiger partial charge in [-0.1, -0.05) is 197 Å². The molecule has 0 radical (unpaired) electrons. The van der Waals surface area contributed by atoms with Crippen LogP contribution in [0.4, 0.5) is 0 Å². The van der Waals surface area contributed by atoms with Crippen molar-refractivity contribution >= 4 is 113 Å². The molecule has 0 aliphatic carbocycles. The molecule has 0 atom stereocenters. The van der Waals surface area contributed by atoms with Crippen molar-refractivity contribution in [2.75, 3.05) is 0 Å². The van der Waals surface area contributed by atoms with Crippen molar-refractivity contribution in [2.24, 2.45) is 0 Å². The molecule has 3 nitrogen and oxygen atoms in total. The molecule has 0 aliphatic heterocycles. The summed E-state index contributed by atoms with van der Waals surface area (Å²) in [5, 5.41) is 8.07. The monoisotopic (exact) mass is 1250 g/mol. The topological polar surface area (TPSA) is 38.7 Å². The second kappa shape index (κ2) is 29.6. The van der Waals surface area contributed by atoms with Crippen LogP contribution in [0.3, 0.4) is 0 Å². The van der Waals surface area contributed by atoms with Gasteiger partial charge in [-0.3, -0.25) is 15.0 Å². The first-order valence-corrected chi connectivity index (χ1v) is 31.6. The van der Waals surface area contributed by atoms with Crippen LogP contribution < -0.4 is 48.1 Å². The summed E-state index contributed by atoms with van der Waals surface area (Å²) in [5.74, 6) is 0. The Balaban J connectivity index is 0.000000181. The molecule has 0 saturated carbocycles. The van der Waals surface area contributed by atoms with Crippen LogP contribution in [0, 0.1) is 41.5 Å². The maximum atomic E-state index is 4.61. The average Bonchev–Trinajstić information content (AvgIpc) is 3.38. The number of aryl methyl sites for hydroxylation is 6. The summed E-state index contributed by atoms with van der Waals surface area (Å²) in [4.78, 5) is 13.8. The Morgan fingerprint density at radius 3 is 0.552 bits per heavy atom. The van der Waals surface area contributed by atoms with Crippen molar-refractivity contribution in [1.82, 2.24) is 15.0 Å². The number of halogens is 2. The zero-order valence-corrected chi connectivity index (χ0v) is 47.2. The molecule has 9 rings (SSSR count). The van der Waals surface area contributed by atoms with Gasteiger partial charge < -0.3 is 0 Å². The van der Waals surface area contributed by atoms with Crippen molar-refractivity contribution in [1.29, 1.82) is 0 Å². The van der Waals surface area contributed by atoms with Crippen LogP contribution in [0.5, 0.6) is 0 Å². The molecule has 348 valence electrons. The molecule has 3 heterocycles. The van der Waals surface area contributed by atoms with Crippen molar-refractivity contribution < 1.29 is 25.5 Å². The fourth-order valence-corrected chi connectivity index (χ4v) is 13.3. The molecule has 0 N–H and O–H groups in total. The summed E-state index contributed by atoms with van der Waals surface area (Å²) in [6, 6.07) is 71.5. The number of rotatable bonds is 9. The van der Waals surface area contributed by atoms with Gasteiger partial charge in [0.25, 0.3) is 0 Å². The Bertz CT molecular complexity index is 2310. The second-order valence-electron chi connectivity index (χ2n) is 15.6. The van der Waals surface area contributed by atoms with Gasteiger partial charge in [0.1, 0.15) is 0 Å². The maximum absolute atomic E-state index is 4.61. The van der Waals surface area contributed by atoms with Crippen molar-refractivity contribution in [3.8, 4) is 0 Å². The van der Waals surface area contributed by atoms with Gasteiger partial charge in [-0.25, -0.2) is 0 Å². The van der Waals surface area contributed by atoms with E-state index in [4.69, 9.17) is 0 Å². The van der Waals surface area contributed by atoms with Gasteiger partial charge in [0, 0.05) is 42.4 Å². The second-order valence-corrected chi connectivity index (χ2v) is 22.1. The van der Waals surface area contributed by atoms with Gasteiger partial charge in [0.2, 0.25) is 0 Å². The van der Waals surface area contributed by atoms with Crippen molar-refractivity contribution in [2.45, 2.75) is 41.5 Å². The van der Waals surface area contributed by atoms with E-state index < -0.39 is 23.8 Å². The summed E-state index contributed by atoms with van der Waals surface area (Å²) < 4.78 is 0. The zero-order valence-electron chi connectivity index (χ0n) is 38.3. The SMILES string of the molecule is Cc1ccc(P(c2ccc(C)cc2)c2ccccn2)cc1.Cc1ccc(P(c2ccc(C)cc2)c2ccccn2)cc1.Cc1ccc(P(c2ccc(C)cc2)c2ccccn2)cc1.[Cu][I].[Cu][I]. The van der Waals surface area contributed by atoms with Crippen LogP contribution in [-0.4, -0.2) is 15.0 Å². The van der Waals surface area contributed by atoms with E-state index in [1.807, 2.05) is 36.8 Å². The third-order valence-electron chi connectivity index (χ3n) is 10.4. The Kier molecular flexibility index (Phi) is 24.0. The van der Waals surface area contributed by atoms with E-state index >= 15 is 0 Å². The number of aromatic nitrogens is 3. The molecule has 0 aliphatic rings. The molecule has 9 aromatic rings. The fourth-order valence-electron chi connectivity index (χ4n) is 6.86.